The topological polar surface area (TPSA) is 219 Å². The van der Waals surface area contributed by atoms with E-state index in [1.54, 1.807) is 0 Å². The van der Waals surface area contributed by atoms with Crippen LogP contribution in [-0.2, 0) is 52.4 Å². The standard InChI is InChI=1S/C27H34N8O10P2S2/c1-2-6-33-12-32-25-20(26(33)38)31-13-35(25)27-22(37)21(36)17(44-27)10-42-47(40,49)45-15-7-18(43-16(15)9-41-46(39)48)34-8-14-4-3-5-28-23-19(14)24(34)30-11-29-23/h8,11-13,15-18,21-22,27,36-37H,2-7,9-10H2,1H3,(H2-,28,29,30,39,40,48,49)/p+1/t15?,16-,17-,18-,21-,22-,27-,47?/m1/s1. The van der Waals surface area contributed by atoms with Gasteiger partial charge in [-0.25, -0.2) is 19.9 Å². The molecule has 0 radical (unpaired) electrons. The first-order chi connectivity index (χ1) is 23.5. The van der Waals surface area contributed by atoms with Crippen molar-refractivity contribution in [3.05, 3.63) is 41.1 Å². The van der Waals surface area contributed by atoms with Crippen molar-refractivity contribution in [3.8, 4) is 0 Å². The predicted octanol–water partition coefficient (Wildman–Crippen LogP) is 1.94. The monoisotopic (exact) mass is 757 g/mol. The Hall–Kier alpha value is -2.45. The second-order valence-electron chi connectivity index (χ2n) is 11.9. The summed E-state index contributed by atoms with van der Waals surface area (Å²) in [6, 6.07) is 0. The van der Waals surface area contributed by atoms with Gasteiger partial charge in [0.1, 0.15) is 79.7 Å². The van der Waals surface area contributed by atoms with Crippen molar-refractivity contribution in [2.75, 3.05) is 25.1 Å². The molecule has 0 aliphatic carbocycles. The average molecular weight is 758 g/mol. The lowest BCUT2D eigenvalue weighted by atomic mass is 10.1. The molecule has 2 saturated heterocycles. The normalized spacial score (nSPS) is 28.5. The number of aryl methyl sites for hydroxylation is 2. The van der Waals surface area contributed by atoms with Crippen molar-refractivity contribution >= 4 is 66.0 Å². The second-order valence-corrected chi connectivity index (χ2v) is 16.4. The van der Waals surface area contributed by atoms with Crippen molar-refractivity contribution in [3.63, 3.8) is 0 Å². The lowest BCUT2D eigenvalue weighted by Crippen LogP contribution is -2.34. The van der Waals surface area contributed by atoms with Gasteiger partial charge in [0, 0.05) is 25.7 Å². The number of anilines is 1. The van der Waals surface area contributed by atoms with Crippen LogP contribution in [0.15, 0.2) is 30.0 Å². The van der Waals surface area contributed by atoms with Crippen LogP contribution in [-0.4, -0.2) is 99.0 Å². The van der Waals surface area contributed by atoms with E-state index in [1.807, 2.05) is 17.7 Å². The Morgan fingerprint density at radius 3 is 2.76 bits per heavy atom. The maximum Gasteiger partial charge on any atom is 0.582 e. The van der Waals surface area contributed by atoms with Crippen molar-refractivity contribution in [2.24, 2.45) is 0 Å². The molecule has 18 nitrogen and oxygen atoms in total. The third-order valence-corrected chi connectivity index (χ3v) is 11.0. The first-order valence-corrected chi connectivity index (χ1v) is 20.6. The van der Waals surface area contributed by atoms with Gasteiger partial charge in [-0.1, -0.05) is 6.92 Å². The number of hydrogen-bond donors (Lipinski definition) is 5. The van der Waals surface area contributed by atoms with E-state index in [2.05, 4.69) is 37.5 Å². The SMILES string of the molecule is CCCn1cnc2c(ncn2[C@@H]2O[C@H](COP(O)(=S)OC3C[C@H](n4cc5c6c(ncnc64)NCCC5)O[C@@H]3CO[P+](=O)S)[C@@H](O)[C@H]2O)c1=O. The van der Waals surface area contributed by atoms with Crippen molar-refractivity contribution in [2.45, 2.75) is 82.1 Å². The molecule has 0 saturated carbocycles. The molecule has 3 aliphatic heterocycles. The van der Waals surface area contributed by atoms with Crippen molar-refractivity contribution < 1.29 is 42.7 Å². The number of aliphatic hydroxyl groups is 2. The summed E-state index contributed by atoms with van der Waals surface area (Å²) in [6.45, 7) is -1.43. The summed E-state index contributed by atoms with van der Waals surface area (Å²) >= 11 is 9.17. The number of rotatable bonds is 12. The largest absolute Gasteiger partial charge is 0.582 e. The van der Waals surface area contributed by atoms with Crippen LogP contribution >= 0.6 is 26.2 Å². The highest BCUT2D eigenvalue weighted by Crippen LogP contribution is 2.50. The van der Waals surface area contributed by atoms with Gasteiger partial charge in [0.15, 0.2) is 17.4 Å². The predicted molar refractivity (Wildman–Crippen MR) is 181 cm³/mol. The molecule has 0 bridgehead atoms. The Bertz CT molecular complexity index is 1980. The minimum absolute atomic E-state index is 0.0928. The molecule has 49 heavy (non-hydrogen) atoms. The molecule has 9 atom stereocenters. The smallest absolute Gasteiger partial charge is 0.387 e. The number of aliphatic hydroxyl groups excluding tert-OH is 2. The number of thiol groups is 1. The number of ether oxygens (including phenoxy) is 2. The lowest BCUT2D eigenvalue weighted by Gasteiger charge is -2.24. The Balaban J connectivity index is 1.05. The Labute approximate surface area is 290 Å². The van der Waals surface area contributed by atoms with E-state index in [0.29, 0.717) is 12.2 Å². The fraction of sp³-hybridized carbons (Fsp3) is 0.593. The molecule has 0 aromatic carbocycles. The number of fused-ring (bicyclic) bond motifs is 1. The van der Waals surface area contributed by atoms with E-state index in [-0.39, 0.29) is 29.8 Å². The van der Waals surface area contributed by atoms with Crippen LogP contribution in [0.1, 0.15) is 44.2 Å². The van der Waals surface area contributed by atoms with Crippen molar-refractivity contribution in [1.82, 2.24) is 33.6 Å². The zero-order chi connectivity index (χ0) is 34.4. The molecule has 0 amide bonds. The van der Waals surface area contributed by atoms with Crippen LogP contribution in [0, 0.1) is 0 Å². The highest BCUT2D eigenvalue weighted by molar-refractivity contribution is 8.39. The minimum atomic E-state index is -4.02. The van der Waals surface area contributed by atoms with Crippen molar-refractivity contribution in [1.29, 1.82) is 0 Å². The molecule has 4 aromatic rings. The van der Waals surface area contributed by atoms with E-state index in [4.69, 9.17) is 34.9 Å². The van der Waals surface area contributed by atoms with Gasteiger partial charge in [-0.15, -0.1) is 4.52 Å². The van der Waals surface area contributed by atoms with Gasteiger partial charge in [-0.05, 0) is 41.2 Å². The molecule has 4 N–H and O–H groups in total. The highest BCUT2D eigenvalue weighted by atomic mass is 32.7. The van der Waals surface area contributed by atoms with Crippen LogP contribution in [0.2, 0.25) is 0 Å². The highest BCUT2D eigenvalue weighted by Gasteiger charge is 2.46. The maximum absolute atomic E-state index is 12.8. The molecule has 3 unspecified atom stereocenters. The molecule has 22 heteroatoms. The van der Waals surface area contributed by atoms with Crippen LogP contribution in [0.25, 0.3) is 22.2 Å². The first-order valence-electron chi connectivity index (χ1n) is 15.7. The quantitative estimate of drug-likeness (QED) is 0.103. The molecular weight excluding hydrogens is 722 g/mol. The third kappa shape index (κ3) is 6.94. The zero-order valence-corrected chi connectivity index (χ0v) is 29.6. The Morgan fingerprint density at radius 2 is 1.96 bits per heavy atom. The van der Waals surface area contributed by atoms with E-state index >= 15 is 0 Å². The number of nitrogens with zero attached hydrogens (tertiary/aromatic N) is 7. The van der Waals surface area contributed by atoms with Gasteiger partial charge < -0.3 is 43.5 Å². The summed E-state index contributed by atoms with van der Waals surface area (Å²) in [4.78, 5) is 41.3. The molecular formula is C27H35N8O10P2S2+. The first kappa shape index (κ1) is 35.0. The summed E-state index contributed by atoms with van der Waals surface area (Å²) in [5.41, 5.74) is 1.66. The number of aromatic nitrogens is 7. The fourth-order valence-corrected chi connectivity index (χ4v) is 8.41. The summed E-state index contributed by atoms with van der Waals surface area (Å²) in [6.07, 6.45) is 1.34. The Kier molecular flexibility index (Phi) is 10.2. The molecule has 7 heterocycles. The van der Waals surface area contributed by atoms with Crippen LogP contribution < -0.4 is 10.9 Å². The van der Waals surface area contributed by atoms with Crippen LogP contribution in [0.5, 0.6) is 0 Å². The minimum Gasteiger partial charge on any atom is -0.387 e. The molecule has 3 aliphatic rings. The van der Waals surface area contributed by atoms with Gasteiger partial charge in [0.05, 0.1) is 18.3 Å². The number of imidazole rings is 1. The third-order valence-electron chi connectivity index (χ3n) is 8.74. The summed E-state index contributed by atoms with van der Waals surface area (Å²) in [5.74, 6) is 0.740. The van der Waals surface area contributed by atoms with Gasteiger partial charge in [0.25, 0.3) is 5.56 Å². The molecule has 0 spiro atoms. The molecule has 2 fully saturated rings. The van der Waals surface area contributed by atoms with E-state index in [1.165, 1.54) is 28.1 Å². The van der Waals surface area contributed by atoms with Gasteiger partial charge in [-0.2, -0.15) is 0 Å². The lowest BCUT2D eigenvalue weighted by molar-refractivity contribution is -0.0532. The van der Waals surface area contributed by atoms with Gasteiger partial charge in [0.2, 0.25) is 0 Å². The Morgan fingerprint density at radius 1 is 1.12 bits per heavy atom. The maximum atomic E-state index is 12.8. The van der Waals surface area contributed by atoms with Gasteiger partial charge in [-0.3, -0.25) is 13.9 Å². The number of nitrogens with one attached hydrogen (secondary N) is 1. The molecule has 264 valence electrons. The second kappa shape index (κ2) is 14.3. The molecule has 7 rings (SSSR count). The van der Waals surface area contributed by atoms with Crippen LogP contribution in [0.4, 0.5) is 5.82 Å². The van der Waals surface area contributed by atoms with E-state index in [9.17, 15) is 24.5 Å². The number of hydrogen-bond acceptors (Lipinski definition) is 15. The van der Waals surface area contributed by atoms with E-state index < -0.39 is 63.5 Å². The zero-order valence-electron chi connectivity index (χ0n) is 26.1. The molecule has 4 aromatic heterocycles. The average Bonchev–Trinajstić information content (AvgIpc) is 3.80. The van der Waals surface area contributed by atoms with Crippen LogP contribution in [0.3, 0.4) is 0 Å². The summed E-state index contributed by atoms with van der Waals surface area (Å²) in [7, 11) is -2.26. The summed E-state index contributed by atoms with van der Waals surface area (Å²) in [5, 5.41) is 25.9. The summed E-state index contributed by atoms with van der Waals surface area (Å²) < 4.78 is 45.4. The fourth-order valence-electron chi connectivity index (χ4n) is 6.46. The van der Waals surface area contributed by atoms with Gasteiger partial charge >= 0.3 is 13.9 Å². The van der Waals surface area contributed by atoms with E-state index in [0.717, 1.165) is 42.6 Å².